The molecule has 0 saturated heterocycles. The van der Waals surface area contributed by atoms with Crippen LogP contribution in [0.15, 0.2) is 53.1 Å². The fourth-order valence-electron chi connectivity index (χ4n) is 2.25. The number of hydrogen-bond donors (Lipinski definition) is 1. The van der Waals surface area contributed by atoms with Gasteiger partial charge in [-0.25, -0.2) is 4.68 Å². The minimum Gasteiger partial charge on any atom is -0.463 e. The van der Waals surface area contributed by atoms with E-state index in [-0.39, 0.29) is 12.6 Å². The second-order valence-electron chi connectivity index (χ2n) is 4.55. The van der Waals surface area contributed by atoms with E-state index in [0.717, 1.165) is 5.56 Å². The van der Waals surface area contributed by atoms with Crippen LogP contribution in [0.5, 0.6) is 0 Å². The van der Waals surface area contributed by atoms with E-state index in [1.807, 2.05) is 43.3 Å². The van der Waals surface area contributed by atoms with E-state index < -0.39 is 0 Å². The van der Waals surface area contributed by atoms with Crippen LogP contribution in [0, 0.1) is 0 Å². The Morgan fingerprint density at radius 2 is 2.00 bits per heavy atom. The molecule has 5 nitrogen and oxygen atoms in total. The smallest absolute Gasteiger partial charge is 0.153 e. The van der Waals surface area contributed by atoms with E-state index in [1.165, 1.54) is 0 Å². The van der Waals surface area contributed by atoms with Gasteiger partial charge in [-0.15, -0.1) is 5.10 Å². The third-order valence-electron chi connectivity index (χ3n) is 3.32. The summed E-state index contributed by atoms with van der Waals surface area (Å²) in [5.41, 5.74) is 2.35. The largest absolute Gasteiger partial charge is 0.463 e. The van der Waals surface area contributed by atoms with Crippen LogP contribution < -0.4 is 0 Å². The first-order valence-corrected chi connectivity index (χ1v) is 6.45. The number of aromatic nitrogens is 3. The summed E-state index contributed by atoms with van der Waals surface area (Å²) in [5, 5.41) is 17.6. The molecular weight excluding hydrogens is 254 g/mol. The highest BCUT2D eigenvalue weighted by Gasteiger charge is 2.21. The Bertz CT molecular complexity index is 674. The number of nitrogens with zero attached hydrogens (tertiary/aromatic N) is 3. The number of hydrogen-bond acceptors (Lipinski definition) is 4. The normalized spacial score (nSPS) is 12.5. The molecule has 0 aliphatic heterocycles. The number of aliphatic hydroxyl groups excluding tert-OH is 1. The predicted octanol–water partition coefficient (Wildman–Crippen LogP) is 2.64. The molecule has 1 N–H and O–H groups in total. The molecule has 2 aromatic heterocycles. The molecule has 20 heavy (non-hydrogen) atoms. The summed E-state index contributed by atoms with van der Waals surface area (Å²) in [6.45, 7) is 1.87. The van der Waals surface area contributed by atoms with Gasteiger partial charge < -0.3 is 9.52 Å². The second-order valence-corrected chi connectivity index (χ2v) is 4.55. The van der Waals surface area contributed by atoms with Crippen molar-refractivity contribution in [1.82, 2.24) is 15.0 Å². The molecule has 2 heterocycles. The van der Waals surface area contributed by atoms with E-state index in [9.17, 15) is 5.11 Å². The first kappa shape index (κ1) is 12.6. The zero-order valence-corrected chi connectivity index (χ0v) is 11.1. The Kier molecular flexibility index (Phi) is 3.35. The molecule has 0 spiro atoms. The second kappa shape index (κ2) is 5.30. The molecule has 0 amide bonds. The standard InChI is InChI=1S/C15H15N3O2/c1-11(12-6-3-2-4-7-12)18-15(13(10-19)16-17-18)14-8-5-9-20-14/h2-9,11,19H,10H2,1H3. The lowest BCUT2D eigenvalue weighted by molar-refractivity contribution is 0.277. The van der Waals surface area contributed by atoms with Crippen LogP contribution in [0.4, 0.5) is 0 Å². The van der Waals surface area contributed by atoms with Crippen molar-refractivity contribution in [3.8, 4) is 11.5 Å². The summed E-state index contributed by atoms with van der Waals surface area (Å²) in [6, 6.07) is 13.7. The van der Waals surface area contributed by atoms with Crippen molar-refractivity contribution >= 4 is 0 Å². The highest BCUT2D eigenvalue weighted by atomic mass is 16.3. The van der Waals surface area contributed by atoms with Gasteiger partial charge in [0.05, 0.1) is 18.9 Å². The molecule has 0 radical (unpaired) electrons. The van der Waals surface area contributed by atoms with Crippen LogP contribution >= 0.6 is 0 Å². The Labute approximate surface area is 116 Å². The minimum atomic E-state index is -0.169. The van der Waals surface area contributed by atoms with E-state index in [4.69, 9.17) is 4.42 Å². The monoisotopic (exact) mass is 269 g/mol. The maximum absolute atomic E-state index is 9.43. The molecule has 1 atom stereocenters. The van der Waals surface area contributed by atoms with Gasteiger partial charge >= 0.3 is 0 Å². The van der Waals surface area contributed by atoms with Crippen molar-refractivity contribution in [2.45, 2.75) is 19.6 Å². The van der Waals surface area contributed by atoms with E-state index >= 15 is 0 Å². The Morgan fingerprint density at radius 3 is 2.65 bits per heavy atom. The van der Waals surface area contributed by atoms with Crippen molar-refractivity contribution < 1.29 is 9.52 Å². The van der Waals surface area contributed by atoms with Crippen LogP contribution in [-0.4, -0.2) is 20.1 Å². The van der Waals surface area contributed by atoms with Crippen LogP contribution in [-0.2, 0) is 6.61 Å². The van der Waals surface area contributed by atoms with Gasteiger partial charge in [-0.05, 0) is 24.6 Å². The third kappa shape index (κ3) is 2.12. The highest BCUT2D eigenvalue weighted by molar-refractivity contribution is 5.55. The van der Waals surface area contributed by atoms with Crippen LogP contribution in [0.2, 0.25) is 0 Å². The van der Waals surface area contributed by atoms with Gasteiger partial charge in [0.1, 0.15) is 11.4 Å². The van der Waals surface area contributed by atoms with Gasteiger partial charge in [0, 0.05) is 0 Å². The lowest BCUT2D eigenvalue weighted by atomic mass is 10.1. The SMILES string of the molecule is CC(c1ccccc1)n1nnc(CO)c1-c1ccco1. The molecule has 0 fully saturated rings. The number of benzene rings is 1. The topological polar surface area (TPSA) is 64.1 Å². The Hall–Kier alpha value is -2.40. The van der Waals surface area contributed by atoms with Gasteiger partial charge in [0.2, 0.25) is 0 Å². The van der Waals surface area contributed by atoms with E-state index in [1.54, 1.807) is 17.0 Å². The molecule has 1 unspecified atom stereocenters. The quantitative estimate of drug-likeness (QED) is 0.790. The molecule has 1 aromatic carbocycles. The lowest BCUT2D eigenvalue weighted by Gasteiger charge is -2.14. The molecule has 5 heteroatoms. The number of rotatable bonds is 4. The average molecular weight is 269 g/mol. The van der Waals surface area contributed by atoms with Gasteiger partial charge in [-0.2, -0.15) is 0 Å². The molecule has 0 bridgehead atoms. The molecular formula is C15H15N3O2. The van der Waals surface area contributed by atoms with Gasteiger partial charge in [-0.3, -0.25) is 0 Å². The fraction of sp³-hybridized carbons (Fsp3) is 0.200. The summed E-state index contributed by atoms with van der Waals surface area (Å²) in [4.78, 5) is 0. The van der Waals surface area contributed by atoms with E-state index in [2.05, 4.69) is 10.3 Å². The van der Waals surface area contributed by atoms with Crippen LogP contribution in [0.3, 0.4) is 0 Å². The molecule has 3 rings (SSSR count). The first-order chi connectivity index (χ1) is 9.81. The molecule has 102 valence electrons. The summed E-state index contributed by atoms with van der Waals surface area (Å²) in [5.74, 6) is 0.654. The van der Waals surface area contributed by atoms with E-state index in [0.29, 0.717) is 17.1 Å². The maximum Gasteiger partial charge on any atom is 0.153 e. The van der Waals surface area contributed by atoms with Crippen LogP contribution in [0.1, 0.15) is 24.2 Å². The summed E-state index contributed by atoms with van der Waals surface area (Å²) in [6.07, 6.45) is 1.60. The zero-order valence-electron chi connectivity index (χ0n) is 11.1. The Morgan fingerprint density at radius 1 is 1.20 bits per heavy atom. The van der Waals surface area contributed by atoms with Crippen molar-refractivity contribution in [2.75, 3.05) is 0 Å². The molecule has 0 aliphatic carbocycles. The van der Waals surface area contributed by atoms with Crippen molar-refractivity contribution in [2.24, 2.45) is 0 Å². The van der Waals surface area contributed by atoms with Crippen molar-refractivity contribution in [3.63, 3.8) is 0 Å². The molecule has 3 aromatic rings. The van der Waals surface area contributed by atoms with Crippen molar-refractivity contribution in [3.05, 3.63) is 60.0 Å². The van der Waals surface area contributed by atoms with Gasteiger partial charge in [0.15, 0.2) is 5.76 Å². The van der Waals surface area contributed by atoms with Crippen molar-refractivity contribution in [1.29, 1.82) is 0 Å². The zero-order chi connectivity index (χ0) is 13.9. The number of aliphatic hydroxyl groups is 1. The molecule has 0 saturated carbocycles. The third-order valence-corrected chi connectivity index (χ3v) is 3.32. The van der Waals surface area contributed by atoms with Gasteiger partial charge in [0.25, 0.3) is 0 Å². The summed E-state index contributed by atoms with van der Waals surface area (Å²) < 4.78 is 7.21. The maximum atomic E-state index is 9.43. The average Bonchev–Trinajstić information content (AvgIpc) is 3.15. The lowest BCUT2D eigenvalue weighted by Crippen LogP contribution is -2.10. The predicted molar refractivity (Wildman–Crippen MR) is 73.9 cm³/mol. The minimum absolute atomic E-state index is 0.00380. The summed E-state index contributed by atoms with van der Waals surface area (Å²) >= 11 is 0. The molecule has 0 aliphatic rings. The number of furan rings is 1. The Balaban J connectivity index is 2.09. The van der Waals surface area contributed by atoms with Crippen LogP contribution in [0.25, 0.3) is 11.5 Å². The first-order valence-electron chi connectivity index (χ1n) is 6.45. The summed E-state index contributed by atoms with van der Waals surface area (Å²) in [7, 11) is 0. The highest BCUT2D eigenvalue weighted by Crippen LogP contribution is 2.28. The van der Waals surface area contributed by atoms with Gasteiger partial charge in [-0.1, -0.05) is 35.5 Å². The fourth-order valence-corrected chi connectivity index (χ4v) is 2.25.